The van der Waals surface area contributed by atoms with Gasteiger partial charge in [-0.2, -0.15) is 0 Å². The van der Waals surface area contributed by atoms with Crippen LogP contribution in [0.25, 0.3) is 0 Å². The highest BCUT2D eigenvalue weighted by atomic mass is 19.1. The van der Waals surface area contributed by atoms with Gasteiger partial charge < -0.3 is 15.5 Å². The highest BCUT2D eigenvalue weighted by molar-refractivity contribution is 6.05. The Bertz CT molecular complexity index is 1440. The number of nitrogens with one attached hydrogen (secondary N) is 2. The molecule has 0 spiro atoms. The first kappa shape index (κ1) is 25.2. The van der Waals surface area contributed by atoms with E-state index in [-0.39, 0.29) is 24.9 Å². The number of halogens is 1. The normalized spacial score (nSPS) is 17.8. The Balaban J connectivity index is 1.50. The molecule has 0 bridgehead atoms. The SMILES string of the molecule is Cc1ccc([C@H]2NC(=O)N(C)C3=C2C(=O)N([C@@H](Cc2ccccc2)C(=O)Nc2ccc(F)cc2)C3)c(C)c1. The summed E-state index contributed by atoms with van der Waals surface area (Å²) in [7, 11) is 1.63. The quantitative estimate of drug-likeness (QED) is 0.511. The fourth-order valence-electron chi connectivity index (χ4n) is 5.16. The van der Waals surface area contributed by atoms with Gasteiger partial charge in [0.15, 0.2) is 0 Å². The third kappa shape index (κ3) is 4.77. The first-order valence-electron chi connectivity index (χ1n) is 12.5. The molecule has 3 aromatic carbocycles. The lowest BCUT2D eigenvalue weighted by Gasteiger charge is -2.31. The molecule has 0 saturated carbocycles. The van der Waals surface area contributed by atoms with E-state index < -0.39 is 23.8 Å². The Morgan fingerprint density at radius 3 is 2.45 bits per heavy atom. The van der Waals surface area contributed by atoms with Gasteiger partial charge in [-0.05, 0) is 54.8 Å². The van der Waals surface area contributed by atoms with Crippen molar-refractivity contribution in [3.8, 4) is 0 Å². The predicted octanol–water partition coefficient (Wildman–Crippen LogP) is 4.48. The van der Waals surface area contributed by atoms with E-state index in [1.54, 1.807) is 7.05 Å². The van der Waals surface area contributed by atoms with Crippen LogP contribution in [0.15, 0.2) is 84.1 Å². The number of amides is 4. The Morgan fingerprint density at radius 2 is 1.76 bits per heavy atom. The van der Waals surface area contributed by atoms with Crippen LogP contribution in [0.5, 0.6) is 0 Å². The minimum atomic E-state index is -0.858. The molecule has 0 unspecified atom stereocenters. The van der Waals surface area contributed by atoms with Crippen molar-refractivity contribution in [3.05, 3.63) is 112 Å². The van der Waals surface area contributed by atoms with Crippen LogP contribution in [0.2, 0.25) is 0 Å². The molecule has 5 rings (SSSR count). The molecular weight excluding hydrogens is 483 g/mol. The van der Waals surface area contributed by atoms with Crippen molar-refractivity contribution in [2.45, 2.75) is 32.4 Å². The molecule has 0 fully saturated rings. The van der Waals surface area contributed by atoms with Gasteiger partial charge in [0.1, 0.15) is 11.9 Å². The molecule has 2 heterocycles. The number of benzene rings is 3. The summed E-state index contributed by atoms with van der Waals surface area (Å²) in [6.45, 7) is 4.07. The highest BCUT2D eigenvalue weighted by Crippen LogP contribution is 2.38. The maximum absolute atomic E-state index is 14.0. The zero-order chi connectivity index (χ0) is 27.0. The summed E-state index contributed by atoms with van der Waals surface area (Å²) >= 11 is 0. The van der Waals surface area contributed by atoms with Crippen molar-refractivity contribution >= 4 is 23.5 Å². The summed E-state index contributed by atoms with van der Waals surface area (Å²) in [5, 5.41) is 5.81. The van der Waals surface area contributed by atoms with E-state index in [9.17, 15) is 18.8 Å². The van der Waals surface area contributed by atoms with Crippen LogP contribution in [-0.4, -0.2) is 47.3 Å². The molecule has 194 valence electrons. The van der Waals surface area contributed by atoms with E-state index >= 15 is 0 Å². The average Bonchev–Trinajstić information content (AvgIpc) is 3.24. The Hall–Kier alpha value is -4.46. The van der Waals surface area contributed by atoms with E-state index in [1.807, 2.05) is 62.4 Å². The Morgan fingerprint density at radius 1 is 1.05 bits per heavy atom. The second-order valence-electron chi connectivity index (χ2n) is 9.80. The van der Waals surface area contributed by atoms with Crippen LogP contribution in [0, 0.1) is 19.7 Å². The summed E-state index contributed by atoms with van der Waals surface area (Å²) in [5.74, 6) is -1.10. The Labute approximate surface area is 220 Å². The number of likely N-dealkylation sites (N-methyl/N-ethyl adjacent to an activating group) is 1. The van der Waals surface area contributed by atoms with E-state index in [4.69, 9.17) is 0 Å². The minimum Gasteiger partial charge on any atom is -0.326 e. The fraction of sp³-hybridized carbons (Fsp3) is 0.233. The smallest absolute Gasteiger partial charge is 0.322 e. The average molecular weight is 513 g/mol. The van der Waals surface area contributed by atoms with Crippen LogP contribution < -0.4 is 10.6 Å². The van der Waals surface area contributed by atoms with Crippen LogP contribution in [-0.2, 0) is 16.0 Å². The summed E-state index contributed by atoms with van der Waals surface area (Å²) in [5.41, 5.74) is 5.25. The van der Waals surface area contributed by atoms with Crippen molar-refractivity contribution in [2.24, 2.45) is 0 Å². The Kier molecular flexibility index (Phi) is 6.72. The number of hydrogen-bond acceptors (Lipinski definition) is 3. The van der Waals surface area contributed by atoms with E-state index in [1.165, 1.54) is 34.1 Å². The summed E-state index contributed by atoms with van der Waals surface area (Å²) in [6.07, 6.45) is 0.277. The van der Waals surface area contributed by atoms with Gasteiger partial charge in [-0.1, -0.05) is 54.1 Å². The molecule has 2 aliphatic heterocycles. The van der Waals surface area contributed by atoms with Crippen LogP contribution >= 0.6 is 0 Å². The maximum atomic E-state index is 14.0. The highest BCUT2D eigenvalue weighted by Gasteiger charge is 2.46. The van der Waals surface area contributed by atoms with Gasteiger partial charge in [-0.15, -0.1) is 0 Å². The molecule has 0 radical (unpaired) electrons. The van der Waals surface area contributed by atoms with E-state index in [2.05, 4.69) is 10.6 Å². The van der Waals surface area contributed by atoms with Crippen LogP contribution in [0.1, 0.15) is 28.3 Å². The molecule has 7 nitrogen and oxygen atoms in total. The first-order valence-corrected chi connectivity index (χ1v) is 12.5. The summed E-state index contributed by atoms with van der Waals surface area (Å²) in [4.78, 5) is 43.6. The zero-order valence-corrected chi connectivity index (χ0v) is 21.5. The van der Waals surface area contributed by atoms with Crippen LogP contribution in [0.4, 0.5) is 14.9 Å². The van der Waals surface area contributed by atoms with Crippen molar-refractivity contribution in [3.63, 3.8) is 0 Å². The summed E-state index contributed by atoms with van der Waals surface area (Å²) in [6, 6.07) is 19.1. The van der Waals surface area contributed by atoms with Crippen molar-refractivity contribution < 1.29 is 18.8 Å². The molecule has 0 aliphatic carbocycles. The van der Waals surface area contributed by atoms with Gasteiger partial charge in [-0.3, -0.25) is 14.5 Å². The van der Waals surface area contributed by atoms with Crippen molar-refractivity contribution in [1.29, 1.82) is 0 Å². The lowest BCUT2D eigenvalue weighted by atomic mass is 9.91. The van der Waals surface area contributed by atoms with Gasteiger partial charge in [-0.25, -0.2) is 9.18 Å². The topological polar surface area (TPSA) is 81.8 Å². The molecule has 2 N–H and O–H groups in total. The zero-order valence-electron chi connectivity index (χ0n) is 21.5. The molecule has 3 aromatic rings. The number of hydrogen-bond donors (Lipinski definition) is 2. The molecular formula is C30H29FN4O3. The van der Waals surface area contributed by atoms with Gasteiger partial charge in [0.25, 0.3) is 5.91 Å². The maximum Gasteiger partial charge on any atom is 0.322 e. The van der Waals surface area contributed by atoms with Crippen molar-refractivity contribution in [2.75, 3.05) is 18.9 Å². The number of rotatable bonds is 6. The standard InChI is InChI=1S/C30H29FN4O3/c1-18-9-14-23(19(2)15-18)27-26-25(34(3)30(38)33-27)17-35(29(26)37)24(16-20-7-5-4-6-8-20)28(36)32-22-12-10-21(31)11-13-22/h4-15,24,27H,16-17H2,1-3H3,(H,32,36)(H,33,38)/t24-,27+/m0/s1. The van der Waals surface area contributed by atoms with Gasteiger partial charge in [0, 0.05) is 19.2 Å². The number of aryl methyl sites for hydroxylation is 2. The molecule has 2 atom stereocenters. The molecule has 0 saturated heterocycles. The van der Waals surface area contributed by atoms with Crippen molar-refractivity contribution in [1.82, 2.24) is 15.1 Å². The van der Waals surface area contributed by atoms with Gasteiger partial charge in [0.2, 0.25) is 5.91 Å². The summed E-state index contributed by atoms with van der Waals surface area (Å²) < 4.78 is 13.4. The second kappa shape index (κ2) is 10.1. The molecule has 2 aliphatic rings. The molecule has 38 heavy (non-hydrogen) atoms. The van der Waals surface area contributed by atoms with E-state index in [0.717, 1.165) is 22.3 Å². The number of carbonyl (C=O) groups excluding carboxylic acids is 3. The molecule has 4 amide bonds. The lowest BCUT2D eigenvalue weighted by molar-refractivity contribution is -0.134. The van der Waals surface area contributed by atoms with Gasteiger partial charge in [0.05, 0.1) is 23.9 Å². The first-order chi connectivity index (χ1) is 18.2. The predicted molar refractivity (Wildman–Crippen MR) is 143 cm³/mol. The monoisotopic (exact) mass is 512 g/mol. The fourth-order valence-corrected chi connectivity index (χ4v) is 5.16. The number of carbonyl (C=O) groups is 3. The third-order valence-electron chi connectivity index (χ3n) is 7.19. The lowest BCUT2D eigenvalue weighted by Crippen LogP contribution is -2.47. The molecule has 8 heteroatoms. The van der Waals surface area contributed by atoms with Gasteiger partial charge >= 0.3 is 6.03 Å². The minimum absolute atomic E-state index is 0.119. The van der Waals surface area contributed by atoms with E-state index in [0.29, 0.717) is 17.0 Å². The number of urea groups is 1. The largest absolute Gasteiger partial charge is 0.326 e. The number of anilines is 1. The number of nitrogens with zero attached hydrogens (tertiary/aromatic N) is 2. The molecule has 0 aromatic heterocycles. The second-order valence-corrected chi connectivity index (χ2v) is 9.80. The van der Waals surface area contributed by atoms with Crippen LogP contribution in [0.3, 0.4) is 0 Å². The third-order valence-corrected chi connectivity index (χ3v) is 7.19.